The Labute approximate surface area is 140 Å². The number of nitrogens with zero attached hydrogens (tertiary/aromatic N) is 1. The van der Waals surface area contributed by atoms with Crippen molar-refractivity contribution in [2.75, 3.05) is 20.1 Å². The molecule has 1 rings (SSSR count). The van der Waals surface area contributed by atoms with Crippen LogP contribution < -0.4 is 5.32 Å². The molecule has 0 bridgehead atoms. The highest BCUT2D eigenvalue weighted by Crippen LogP contribution is 2.16. The van der Waals surface area contributed by atoms with Crippen LogP contribution in [0.15, 0.2) is 29.2 Å². The van der Waals surface area contributed by atoms with Crippen molar-refractivity contribution >= 4 is 15.9 Å². The summed E-state index contributed by atoms with van der Waals surface area (Å²) >= 11 is 0. The van der Waals surface area contributed by atoms with Crippen molar-refractivity contribution in [3.05, 3.63) is 29.8 Å². The normalized spacial score (nSPS) is 11.9. The fourth-order valence-electron chi connectivity index (χ4n) is 2.04. The maximum Gasteiger partial charge on any atom is 0.251 e. The predicted molar refractivity (Wildman–Crippen MR) is 93.0 cm³/mol. The number of unbranched alkanes of at least 4 members (excludes halogenated alkanes) is 1. The van der Waals surface area contributed by atoms with Gasteiger partial charge in [-0.1, -0.05) is 27.2 Å². The summed E-state index contributed by atoms with van der Waals surface area (Å²) in [6.45, 7) is 7.33. The molecule has 6 heteroatoms. The second-order valence-electron chi connectivity index (χ2n) is 6.14. The first kappa shape index (κ1) is 19.6. The van der Waals surface area contributed by atoms with Crippen molar-refractivity contribution in [3.8, 4) is 0 Å². The lowest BCUT2D eigenvalue weighted by molar-refractivity contribution is 0.0952. The lowest BCUT2D eigenvalue weighted by atomic mass is 10.1. The first-order valence-electron chi connectivity index (χ1n) is 8.13. The number of hydrogen-bond donors (Lipinski definition) is 1. The molecule has 0 aliphatic rings. The summed E-state index contributed by atoms with van der Waals surface area (Å²) in [7, 11) is -1.90. The van der Waals surface area contributed by atoms with Gasteiger partial charge in [0.1, 0.15) is 0 Å². The number of sulfonamides is 1. The van der Waals surface area contributed by atoms with E-state index in [1.54, 1.807) is 19.2 Å². The van der Waals surface area contributed by atoms with Crippen molar-refractivity contribution < 1.29 is 13.2 Å². The lowest BCUT2D eigenvalue weighted by Gasteiger charge is -2.17. The Kier molecular flexibility index (Phi) is 7.72. The van der Waals surface area contributed by atoms with Crippen molar-refractivity contribution in [2.45, 2.75) is 44.9 Å². The van der Waals surface area contributed by atoms with Gasteiger partial charge < -0.3 is 5.32 Å². The van der Waals surface area contributed by atoms with Gasteiger partial charge in [-0.05, 0) is 43.0 Å². The van der Waals surface area contributed by atoms with Crippen LogP contribution in [-0.2, 0) is 10.0 Å². The summed E-state index contributed by atoms with van der Waals surface area (Å²) in [6, 6.07) is 6.11. The van der Waals surface area contributed by atoms with Gasteiger partial charge in [0.2, 0.25) is 10.0 Å². The van der Waals surface area contributed by atoms with Crippen LogP contribution in [0.2, 0.25) is 0 Å². The number of hydrogen-bond acceptors (Lipinski definition) is 3. The van der Waals surface area contributed by atoms with E-state index in [4.69, 9.17) is 0 Å². The Morgan fingerprint density at radius 3 is 2.35 bits per heavy atom. The van der Waals surface area contributed by atoms with Crippen LogP contribution >= 0.6 is 0 Å². The van der Waals surface area contributed by atoms with Crippen molar-refractivity contribution in [3.63, 3.8) is 0 Å². The average Bonchev–Trinajstić information content (AvgIpc) is 2.52. The molecule has 5 nitrogen and oxygen atoms in total. The van der Waals surface area contributed by atoms with E-state index in [1.807, 2.05) is 6.92 Å². The van der Waals surface area contributed by atoms with E-state index in [2.05, 4.69) is 19.2 Å². The van der Waals surface area contributed by atoms with Gasteiger partial charge in [-0.3, -0.25) is 4.79 Å². The third-order valence-corrected chi connectivity index (χ3v) is 5.53. The molecule has 0 atom stereocenters. The maximum atomic E-state index is 12.4. The number of amides is 1. The molecule has 0 aliphatic heterocycles. The number of carbonyl (C=O) groups excluding carboxylic acids is 1. The fraction of sp³-hybridized carbons (Fsp3) is 0.588. The molecule has 1 aromatic carbocycles. The van der Waals surface area contributed by atoms with Gasteiger partial charge in [-0.25, -0.2) is 12.7 Å². The van der Waals surface area contributed by atoms with Crippen LogP contribution in [0.3, 0.4) is 0 Å². The van der Waals surface area contributed by atoms with Gasteiger partial charge in [-0.15, -0.1) is 0 Å². The van der Waals surface area contributed by atoms with E-state index in [1.165, 1.54) is 16.4 Å². The Morgan fingerprint density at radius 1 is 1.22 bits per heavy atom. The van der Waals surface area contributed by atoms with Crippen molar-refractivity contribution in [1.82, 2.24) is 9.62 Å². The second kappa shape index (κ2) is 9.03. The zero-order valence-electron chi connectivity index (χ0n) is 14.5. The highest BCUT2D eigenvalue weighted by Gasteiger charge is 2.20. The SMILES string of the molecule is CCCCN(C)S(=O)(=O)c1ccc(C(=O)NCCC(C)C)cc1. The molecule has 1 aromatic rings. The topological polar surface area (TPSA) is 66.5 Å². The van der Waals surface area contributed by atoms with Crippen LogP contribution in [0.1, 0.15) is 50.4 Å². The smallest absolute Gasteiger partial charge is 0.251 e. The molecule has 23 heavy (non-hydrogen) atoms. The molecule has 0 unspecified atom stereocenters. The third kappa shape index (κ3) is 5.95. The number of carbonyl (C=O) groups is 1. The fourth-order valence-corrected chi connectivity index (χ4v) is 3.24. The zero-order valence-corrected chi connectivity index (χ0v) is 15.3. The molecular weight excluding hydrogens is 312 g/mol. The van der Waals surface area contributed by atoms with E-state index in [0.717, 1.165) is 19.3 Å². The second-order valence-corrected chi connectivity index (χ2v) is 8.19. The molecule has 0 aliphatic carbocycles. The zero-order chi connectivity index (χ0) is 17.5. The Balaban J connectivity index is 2.73. The van der Waals surface area contributed by atoms with E-state index in [-0.39, 0.29) is 10.8 Å². The summed E-state index contributed by atoms with van der Waals surface area (Å²) in [5.74, 6) is 0.357. The van der Waals surface area contributed by atoms with Crippen LogP contribution in [0.4, 0.5) is 0 Å². The van der Waals surface area contributed by atoms with Crippen molar-refractivity contribution in [2.24, 2.45) is 5.92 Å². The molecule has 0 radical (unpaired) electrons. The largest absolute Gasteiger partial charge is 0.352 e. The van der Waals surface area contributed by atoms with Gasteiger partial charge in [-0.2, -0.15) is 0 Å². The molecule has 0 saturated carbocycles. The minimum Gasteiger partial charge on any atom is -0.352 e. The molecule has 0 saturated heterocycles. The van der Waals surface area contributed by atoms with Crippen LogP contribution in [0.5, 0.6) is 0 Å². The summed E-state index contributed by atoms with van der Waals surface area (Å²) in [5.41, 5.74) is 0.476. The summed E-state index contributed by atoms with van der Waals surface area (Å²) < 4.78 is 26.1. The predicted octanol–water partition coefficient (Wildman–Crippen LogP) is 2.88. The van der Waals surface area contributed by atoms with Gasteiger partial charge >= 0.3 is 0 Å². The van der Waals surface area contributed by atoms with Gasteiger partial charge in [0.05, 0.1) is 4.90 Å². The van der Waals surface area contributed by atoms with E-state index >= 15 is 0 Å². The van der Waals surface area contributed by atoms with Crippen LogP contribution in [0, 0.1) is 5.92 Å². The first-order valence-corrected chi connectivity index (χ1v) is 9.57. The average molecular weight is 340 g/mol. The minimum atomic E-state index is -3.48. The highest BCUT2D eigenvalue weighted by molar-refractivity contribution is 7.89. The Hall–Kier alpha value is -1.40. The summed E-state index contributed by atoms with van der Waals surface area (Å²) in [5, 5.41) is 2.84. The molecule has 0 heterocycles. The number of rotatable bonds is 9. The molecule has 0 aromatic heterocycles. The van der Waals surface area contributed by atoms with E-state index in [0.29, 0.717) is 24.6 Å². The first-order chi connectivity index (χ1) is 10.8. The highest BCUT2D eigenvalue weighted by atomic mass is 32.2. The molecule has 1 N–H and O–H groups in total. The van der Waals surface area contributed by atoms with Crippen LogP contribution in [-0.4, -0.2) is 38.8 Å². The molecule has 0 fully saturated rings. The summed E-state index contributed by atoms with van der Waals surface area (Å²) in [6.07, 6.45) is 2.68. The van der Waals surface area contributed by atoms with Crippen molar-refractivity contribution in [1.29, 1.82) is 0 Å². The molecule has 130 valence electrons. The van der Waals surface area contributed by atoms with Gasteiger partial charge in [0, 0.05) is 25.7 Å². The maximum absolute atomic E-state index is 12.4. The number of nitrogens with one attached hydrogen (secondary N) is 1. The number of benzene rings is 1. The minimum absolute atomic E-state index is 0.172. The van der Waals surface area contributed by atoms with E-state index in [9.17, 15) is 13.2 Å². The Bertz CT molecular complexity index is 595. The van der Waals surface area contributed by atoms with Gasteiger partial charge in [0.15, 0.2) is 0 Å². The Morgan fingerprint density at radius 2 is 1.83 bits per heavy atom. The molecule has 0 spiro atoms. The quantitative estimate of drug-likeness (QED) is 0.751. The van der Waals surface area contributed by atoms with Gasteiger partial charge in [0.25, 0.3) is 5.91 Å². The lowest BCUT2D eigenvalue weighted by Crippen LogP contribution is -2.28. The third-order valence-electron chi connectivity index (χ3n) is 3.66. The summed E-state index contributed by atoms with van der Waals surface area (Å²) in [4.78, 5) is 12.2. The monoisotopic (exact) mass is 340 g/mol. The molecular formula is C17H28N2O3S. The molecule has 1 amide bonds. The standard InChI is InChI=1S/C17H28N2O3S/c1-5-6-13-19(4)23(21,22)16-9-7-15(8-10-16)17(20)18-12-11-14(2)3/h7-10,14H,5-6,11-13H2,1-4H3,(H,18,20). The van der Waals surface area contributed by atoms with Crippen LogP contribution in [0.25, 0.3) is 0 Å². The van der Waals surface area contributed by atoms with E-state index < -0.39 is 10.0 Å².